The molecule has 23 heavy (non-hydrogen) atoms. The zero-order valence-electron chi connectivity index (χ0n) is 14.4. The van der Waals surface area contributed by atoms with Gasteiger partial charge in [0.1, 0.15) is 0 Å². The van der Waals surface area contributed by atoms with Crippen molar-refractivity contribution in [1.82, 2.24) is 4.90 Å². The molecule has 0 saturated carbocycles. The van der Waals surface area contributed by atoms with Crippen molar-refractivity contribution in [2.45, 2.75) is 33.1 Å². The summed E-state index contributed by atoms with van der Waals surface area (Å²) in [5, 5.41) is 0.814. The number of rotatable bonds is 8. The molecule has 0 amide bonds. The fourth-order valence-corrected chi connectivity index (χ4v) is 3.12. The summed E-state index contributed by atoms with van der Waals surface area (Å²) < 4.78 is 5.84. The first-order chi connectivity index (χ1) is 11.2. The van der Waals surface area contributed by atoms with Crippen molar-refractivity contribution in [1.29, 1.82) is 0 Å². The van der Waals surface area contributed by atoms with Gasteiger partial charge in [0, 0.05) is 49.9 Å². The van der Waals surface area contributed by atoms with Gasteiger partial charge >= 0.3 is 0 Å². The zero-order chi connectivity index (χ0) is 16.5. The normalized spacial score (nSPS) is 16.7. The highest BCUT2D eigenvalue weighted by Crippen LogP contribution is 2.20. The van der Waals surface area contributed by atoms with Crippen LogP contribution in [0.15, 0.2) is 36.1 Å². The van der Waals surface area contributed by atoms with E-state index in [0.29, 0.717) is 0 Å². The van der Waals surface area contributed by atoms with Gasteiger partial charge in [-0.15, -0.1) is 0 Å². The van der Waals surface area contributed by atoms with Gasteiger partial charge in [-0.2, -0.15) is 0 Å². The van der Waals surface area contributed by atoms with Crippen LogP contribution in [-0.4, -0.2) is 44.2 Å². The average Bonchev–Trinajstić information content (AvgIpc) is 2.58. The Hall–Kier alpha value is -1.19. The molecule has 1 saturated heterocycles. The molecule has 1 heterocycles. The zero-order valence-corrected chi connectivity index (χ0v) is 15.2. The van der Waals surface area contributed by atoms with Crippen LogP contribution < -0.4 is 4.90 Å². The standard InChI is InChI=1S/C19H29ClN2O/c1-3-7-19(4-2)23-15-6-10-21-11-13-22(14-12-21)18-9-5-8-17(20)16-18/h4-5,8-9,16H,3,6-7,10-15H2,1-2H3/b19-4-. The Morgan fingerprint density at radius 3 is 2.70 bits per heavy atom. The minimum Gasteiger partial charge on any atom is -0.498 e. The molecule has 3 nitrogen and oxygen atoms in total. The Bertz CT molecular complexity index is 496. The number of benzene rings is 1. The third-order valence-electron chi connectivity index (χ3n) is 4.27. The minimum atomic E-state index is 0.814. The van der Waals surface area contributed by atoms with E-state index in [4.69, 9.17) is 16.3 Å². The van der Waals surface area contributed by atoms with Crippen molar-refractivity contribution in [3.8, 4) is 0 Å². The van der Waals surface area contributed by atoms with E-state index in [0.717, 1.165) is 69.4 Å². The van der Waals surface area contributed by atoms with Crippen LogP contribution in [0.2, 0.25) is 5.02 Å². The molecular weight excluding hydrogens is 308 g/mol. The smallest absolute Gasteiger partial charge is 0.0917 e. The van der Waals surface area contributed by atoms with Gasteiger partial charge < -0.3 is 9.64 Å². The van der Waals surface area contributed by atoms with Crippen molar-refractivity contribution in [3.05, 3.63) is 41.1 Å². The molecule has 0 unspecified atom stereocenters. The molecule has 1 aliphatic heterocycles. The lowest BCUT2D eigenvalue weighted by Crippen LogP contribution is -2.46. The highest BCUT2D eigenvalue weighted by atomic mass is 35.5. The lowest BCUT2D eigenvalue weighted by molar-refractivity contribution is 0.171. The molecule has 0 aromatic heterocycles. The molecular formula is C19H29ClN2O. The third kappa shape index (κ3) is 6.08. The van der Waals surface area contributed by atoms with Crippen molar-refractivity contribution >= 4 is 17.3 Å². The fourth-order valence-electron chi connectivity index (χ4n) is 2.94. The van der Waals surface area contributed by atoms with Crippen LogP contribution in [-0.2, 0) is 4.74 Å². The summed E-state index contributed by atoms with van der Waals surface area (Å²) >= 11 is 6.08. The molecule has 1 aromatic rings. The van der Waals surface area contributed by atoms with E-state index in [1.165, 1.54) is 5.69 Å². The summed E-state index contributed by atoms with van der Waals surface area (Å²) in [6, 6.07) is 8.15. The van der Waals surface area contributed by atoms with Crippen LogP contribution >= 0.6 is 11.6 Å². The molecule has 0 bridgehead atoms. The summed E-state index contributed by atoms with van der Waals surface area (Å²) in [6.45, 7) is 10.5. The number of halogens is 1. The quantitative estimate of drug-likeness (QED) is 0.510. The van der Waals surface area contributed by atoms with Gasteiger partial charge in [-0.3, -0.25) is 4.90 Å². The average molecular weight is 337 g/mol. The molecule has 0 radical (unpaired) electrons. The van der Waals surface area contributed by atoms with E-state index >= 15 is 0 Å². The fraction of sp³-hybridized carbons (Fsp3) is 0.579. The van der Waals surface area contributed by atoms with E-state index in [9.17, 15) is 0 Å². The number of ether oxygens (including phenoxy) is 1. The highest BCUT2D eigenvalue weighted by Gasteiger charge is 2.16. The minimum absolute atomic E-state index is 0.814. The van der Waals surface area contributed by atoms with Gasteiger partial charge in [-0.1, -0.05) is 24.6 Å². The Labute approximate surface area is 145 Å². The maximum absolute atomic E-state index is 6.08. The number of allylic oxidation sites excluding steroid dienone is 2. The van der Waals surface area contributed by atoms with Gasteiger partial charge in [-0.25, -0.2) is 0 Å². The van der Waals surface area contributed by atoms with E-state index < -0.39 is 0 Å². The van der Waals surface area contributed by atoms with Crippen molar-refractivity contribution in [2.24, 2.45) is 0 Å². The number of hydrogen-bond acceptors (Lipinski definition) is 3. The number of anilines is 1. The van der Waals surface area contributed by atoms with Crippen molar-refractivity contribution < 1.29 is 4.74 Å². The van der Waals surface area contributed by atoms with Gasteiger partial charge in [0.15, 0.2) is 0 Å². The van der Waals surface area contributed by atoms with E-state index in [1.807, 2.05) is 12.1 Å². The largest absolute Gasteiger partial charge is 0.498 e. The predicted molar refractivity (Wildman–Crippen MR) is 99.3 cm³/mol. The lowest BCUT2D eigenvalue weighted by atomic mass is 10.2. The van der Waals surface area contributed by atoms with Crippen LogP contribution in [0.3, 0.4) is 0 Å². The van der Waals surface area contributed by atoms with Crippen LogP contribution in [0.5, 0.6) is 0 Å². The molecule has 0 aliphatic carbocycles. The molecule has 1 aliphatic rings. The van der Waals surface area contributed by atoms with Gasteiger partial charge in [0.25, 0.3) is 0 Å². The van der Waals surface area contributed by atoms with E-state index in [1.54, 1.807) is 0 Å². The molecule has 1 fully saturated rings. The number of piperazine rings is 1. The molecule has 128 valence electrons. The summed E-state index contributed by atoms with van der Waals surface area (Å²) in [5.41, 5.74) is 1.23. The monoisotopic (exact) mass is 336 g/mol. The Balaban J connectivity index is 1.65. The van der Waals surface area contributed by atoms with E-state index in [-0.39, 0.29) is 0 Å². The molecule has 0 N–H and O–H groups in total. The van der Waals surface area contributed by atoms with Crippen molar-refractivity contribution in [2.75, 3.05) is 44.2 Å². The van der Waals surface area contributed by atoms with Gasteiger partial charge in [-0.05, 0) is 44.0 Å². The Kier molecular flexibility index (Phi) is 7.77. The topological polar surface area (TPSA) is 15.7 Å². The van der Waals surface area contributed by atoms with Crippen LogP contribution in [0.25, 0.3) is 0 Å². The Morgan fingerprint density at radius 2 is 2.04 bits per heavy atom. The summed E-state index contributed by atoms with van der Waals surface area (Å²) in [4.78, 5) is 4.94. The molecule has 2 rings (SSSR count). The second kappa shape index (κ2) is 9.84. The highest BCUT2D eigenvalue weighted by molar-refractivity contribution is 6.30. The molecule has 1 aromatic carbocycles. The van der Waals surface area contributed by atoms with Crippen molar-refractivity contribution in [3.63, 3.8) is 0 Å². The first-order valence-electron chi connectivity index (χ1n) is 8.73. The van der Waals surface area contributed by atoms with Gasteiger partial charge in [0.05, 0.1) is 12.4 Å². The summed E-state index contributed by atoms with van der Waals surface area (Å²) in [6.07, 6.45) is 5.38. The SMILES string of the molecule is C/C=C(/CCC)OCCCN1CCN(c2cccc(Cl)c2)CC1. The first kappa shape index (κ1) is 18.2. The first-order valence-corrected chi connectivity index (χ1v) is 9.11. The summed E-state index contributed by atoms with van der Waals surface area (Å²) in [7, 11) is 0. The predicted octanol–water partition coefficient (Wildman–Crippen LogP) is 4.57. The molecule has 0 spiro atoms. The third-order valence-corrected chi connectivity index (χ3v) is 4.51. The van der Waals surface area contributed by atoms with Crippen LogP contribution in [0.1, 0.15) is 33.1 Å². The number of hydrogen-bond donors (Lipinski definition) is 0. The lowest BCUT2D eigenvalue weighted by Gasteiger charge is -2.36. The van der Waals surface area contributed by atoms with Gasteiger partial charge in [0.2, 0.25) is 0 Å². The maximum Gasteiger partial charge on any atom is 0.0917 e. The molecule has 4 heteroatoms. The maximum atomic E-state index is 6.08. The second-order valence-electron chi connectivity index (χ2n) is 6.02. The van der Waals surface area contributed by atoms with E-state index in [2.05, 4.69) is 41.9 Å². The number of nitrogens with zero attached hydrogens (tertiary/aromatic N) is 2. The van der Waals surface area contributed by atoms with Crippen LogP contribution in [0, 0.1) is 0 Å². The second-order valence-corrected chi connectivity index (χ2v) is 6.45. The Morgan fingerprint density at radius 1 is 1.26 bits per heavy atom. The molecule has 0 atom stereocenters. The summed E-state index contributed by atoms with van der Waals surface area (Å²) in [5.74, 6) is 1.14. The van der Waals surface area contributed by atoms with Crippen LogP contribution in [0.4, 0.5) is 5.69 Å².